The summed E-state index contributed by atoms with van der Waals surface area (Å²) in [5.74, 6) is -2.82. The lowest BCUT2D eigenvalue weighted by atomic mass is 10.0. The van der Waals surface area contributed by atoms with Crippen LogP contribution >= 0.6 is 0 Å². The van der Waals surface area contributed by atoms with Crippen molar-refractivity contribution < 1.29 is 35.4 Å². The van der Waals surface area contributed by atoms with Gasteiger partial charge >= 0.3 is 0 Å². The van der Waals surface area contributed by atoms with Crippen molar-refractivity contribution >= 4 is 0 Å². The summed E-state index contributed by atoms with van der Waals surface area (Å²) < 4.78 is 4.44. The monoisotopic (exact) mass is 196 g/mol. The highest BCUT2D eigenvalue weighted by molar-refractivity contribution is 4.94. The van der Waals surface area contributed by atoms with Crippen molar-refractivity contribution in [1.82, 2.24) is 0 Å². The van der Waals surface area contributed by atoms with Crippen LogP contribution in [0.15, 0.2) is 0 Å². The molecule has 4 atom stereocenters. The molecule has 78 valence electrons. The van der Waals surface area contributed by atoms with Crippen LogP contribution < -0.4 is 0 Å². The molecule has 7 nitrogen and oxygen atoms in total. The summed E-state index contributed by atoms with van der Waals surface area (Å²) in [7, 11) is 0. The molecule has 0 aromatic rings. The smallest absolute Gasteiger partial charge is 0.245 e. The highest BCUT2D eigenvalue weighted by atomic mass is 16.7. The standard InChI is InChI=1S/C6H12O7/c7-1-2(8)3-4(9)6(11,12)5(10)13-3/h2-5,7-12H,1H2/t2?,3-,4-,5-/m1/s1. The van der Waals surface area contributed by atoms with Crippen LogP contribution in [0.25, 0.3) is 0 Å². The van der Waals surface area contributed by atoms with E-state index in [1.807, 2.05) is 0 Å². The van der Waals surface area contributed by atoms with E-state index >= 15 is 0 Å². The normalized spacial score (nSPS) is 40.6. The first-order valence-electron chi connectivity index (χ1n) is 3.66. The predicted octanol–water partition coefficient (Wildman–Crippen LogP) is -3.90. The van der Waals surface area contributed by atoms with Crippen LogP contribution in [0.2, 0.25) is 0 Å². The van der Waals surface area contributed by atoms with Crippen LogP contribution in [0.1, 0.15) is 0 Å². The number of ether oxygens (including phenoxy) is 1. The minimum atomic E-state index is -2.82. The highest BCUT2D eigenvalue weighted by Gasteiger charge is 2.56. The Morgan fingerprint density at radius 2 is 1.85 bits per heavy atom. The molecule has 1 aliphatic heterocycles. The topological polar surface area (TPSA) is 131 Å². The zero-order valence-electron chi connectivity index (χ0n) is 6.61. The zero-order chi connectivity index (χ0) is 10.2. The maximum atomic E-state index is 9.13. The number of rotatable bonds is 2. The van der Waals surface area contributed by atoms with Crippen molar-refractivity contribution in [3.63, 3.8) is 0 Å². The number of aliphatic hydroxyl groups excluding tert-OH is 4. The second-order valence-electron chi connectivity index (χ2n) is 2.93. The molecule has 13 heavy (non-hydrogen) atoms. The third-order valence-electron chi connectivity index (χ3n) is 1.96. The van der Waals surface area contributed by atoms with E-state index in [-0.39, 0.29) is 0 Å². The fourth-order valence-electron chi connectivity index (χ4n) is 1.12. The molecule has 0 aromatic carbocycles. The van der Waals surface area contributed by atoms with E-state index in [4.69, 9.17) is 30.6 Å². The summed E-state index contributed by atoms with van der Waals surface area (Å²) in [6.45, 7) is -0.718. The third kappa shape index (κ3) is 1.67. The number of hydrogen-bond acceptors (Lipinski definition) is 7. The maximum absolute atomic E-state index is 9.13. The average Bonchev–Trinajstić information content (AvgIpc) is 2.28. The second kappa shape index (κ2) is 3.46. The lowest BCUT2D eigenvalue weighted by Gasteiger charge is -2.22. The first-order chi connectivity index (χ1) is 5.91. The molecule has 0 aliphatic carbocycles. The molecule has 1 fully saturated rings. The predicted molar refractivity (Wildman–Crippen MR) is 37.1 cm³/mol. The van der Waals surface area contributed by atoms with Gasteiger partial charge in [0.1, 0.15) is 18.3 Å². The van der Waals surface area contributed by atoms with E-state index in [1.54, 1.807) is 0 Å². The van der Waals surface area contributed by atoms with Crippen LogP contribution in [0.4, 0.5) is 0 Å². The number of hydrogen-bond donors (Lipinski definition) is 6. The van der Waals surface area contributed by atoms with Gasteiger partial charge in [-0.2, -0.15) is 0 Å². The van der Waals surface area contributed by atoms with Crippen LogP contribution in [0.5, 0.6) is 0 Å². The molecule has 7 heteroatoms. The Labute approximate surface area is 73.4 Å². The van der Waals surface area contributed by atoms with Crippen molar-refractivity contribution in [3.05, 3.63) is 0 Å². The fraction of sp³-hybridized carbons (Fsp3) is 1.00. The van der Waals surface area contributed by atoms with Gasteiger partial charge in [0.05, 0.1) is 6.61 Å². The van der Waals surface area contributed by atoms with Crippen LogP contribution in [0, 0.1) is 0 Å². The molecule has 1 aliphatic rings. The molecule has 1 rings (SSSR count). The molecule has 0 amide bonds. The quantitative estimate of drug-likeness (QED) is 0.249. The Hall–Kier alpha value is -0.280. The zero-order valence-corrected chi connectivity index (χ0v) is 6.61. The van der Waals surface area contributed by atoms with E-state index in [0.29, 0.717) is 0 Å². The van der Waals surface area contributed by atoms with E-state index in [0.717, 1.165) is 0 Å². The Morgan fingerprint density at radius 3 is 2.15 bits per heavy atom. The van der Waals surface area contributed by atoms with Crippen LogP contribution in [0.3, 0.4) is 0 Å². The summed E-state index contributed by atoms with van der Waals surface area (Å²) in [5.41, 5.74) is 0. The lowest BCUT2D eigenvalue weighted by molar-refractivity contribution is -0.281. The molecule has 0 bridgehead atoms. The Balaban J connectivity index is 2.73. The summed E-state index contributed by atoms with van der Waals surface area (Å²) in [4.78, 5) is 0. The molecule has 6 N–H and O–H groups in total. The van der Waals surface area contributed by atoms with Gasteiger partial charge in [-0.05, 0) is 0 Å². The molecule has 0 aromatic heterocycles. The average molecular weight is 196 g/mol. The van der Waals surface area contributed by atoms with E-state index in [9.17, 15) is 0 Å². The fourth-order valence-corrected chi connectivity index (χ4v) is 1.12. The van der Waals surface area contributed by atoms with Gasteiger partial charge in [0.25, 0.3) is 0 Å². The number of aliphatic hydroxyl groups is 6. The van der Waals surface area contributed by atoms with Gasteiger partial charge in [0.2, 0.25) is 12.1 Å². The van der Waals surface area contributed by atoms with Gasteiger partial charge in [-0.15, -0.1) is 0 Å². The van der Waals surface area contributed by atoms with Crippen LogP contribution in [-0.2, 0) is 4.74 Å². The summed E-state index contributed by atoms with van der Waals surface area (Å²) >= 11 is 0. The van der Waals surface area contributed by atoms with Gasteiger partial charge in [0.15, 0.2) is 0 Å². The molecular weight excluding hydrogens is 184 g/mol. The minimum absolute atomic E-state index is 0.718. The molecule has 0 saturated carbocycles. The van der Waals surface area contributed by atoms with E-state index < -0.39 is 37.0 Å². The van der Waals surface area contributed by atoms with Crippen molar-refractivity contribution in [2.45, 2.75) is 30.4 Å². The van der Waals surface area contributed by atoms with Crippen molar-refractivity contribution in [2.24, 2.45) is 0 Å². The molecule has 0 radical (unpaired) electrons. The molecule has 1 heterocycles. The van der Waals surface area contributed by atoms with E-state index in [2.05, 4.69) is 4.74 Å². The van der Waals surface area contributed by atoms with E-state index in [1.165, 1.54) is 0 Å². The van der Waals surface area contributed by atoms with Crippen molar-refractivity contribution in [1.29, 1.82) is 0 Å². The molecule has 0 spiro atoms. The third-order valence-corrected chi connectivity index (χ3v) is 1.96. The maximum Gasteiger partial charge on any atom is 0.245 e. The molecule has 1 unspecified atom stereocenters. The van der Waals surface area contributed by atoms with Gasteiger partial charge in [-0.1, -0.05) is 0 Å². The molecular formula is C6H12O7. The first-order valence-corrected chi connectivity index (χ1v) is 3.66. The van der Waals surface area contributed by atoms with Gasteiger partial charge < -0.3 is 35.4 Å². The SMILES string of the molecule is OCC(O)[C@H]1O[C@@H](O)C(O)(O)[C@@H]1O. The van der Waals surface area contributed by atoms with Gasteiger partial charge in [0, 0.05) is 0 Å². The Morgan fingerprint density at radius 1 is 1.31 bits per heavy atom. The molecule has 1 saturated heterocycles. The lowest BCUT2D eigenvalue weighted by Crippen LogP contribution is -2.50. The van der Waals surface area contributed by atoms with Crippen LogP contribution in [-0.4, -0.2) is 67.6 Å². The highest BCUT2D eigenvalue weighted by Crippen LogP contribution is 2.29. The minimum Gasteiger partial charge on any atom is -0.394 e. The largest absolute Gasteiger partial charge is 0.394 e. The van der Waals surface area contributed by atoms with Crippen molar-refractivity contribution in [2.75, 3.05) is 6.61 Å². The Bertz CT molecular complexity index is 182. The Kier molecular flexibility index (Phi) is 2.88. The first kappa shape index (κ1) is 10.8. The van der Waals surface area contributed by atoms with Crippen molar-refractivity contribution in [3.8, 4) is 0 Å². The summed E-state index contributed by atoms with van der Waals surface area (Å²) in [5, 5.41) is 53.5. The van der Waals surface area contributed by atoms with Gasteiger partial charge in [-0.25, -0.2) is 0 Å². The summed E-state index contributed by atoms with van der Waals surface area (Å²) in [6, 6.07) is 0. The second-order valence-corrected chi connectivity index (χ2v) is 2.93. The van der Waals surface area contributed by atoms with Gasteiger partial charge in [-0.3, -0.25) is 0 Å². The summed E-state index contributed by atoms with van der Waals surface area (Å²) in [6.07, 6.45) is -6.78.